The van der Waals surface area contributed by atoms with E-state index in [1.165, 1.54) is 0 Å². The van der Waals surface area contributed by atoms with Crippen LogP contribution in [0.4, 0.5) is 0 Å². The molecule has 1 saturated heterocycles. The van der Waals surface area contributed by atoms with Crippen molar-refractivity contribution >= 4 is 6.47 Å². The van der Waals surface area contributed by atoms with Gasteiger partial charge in [0.05, 0.1) is 6.10 Å². The third kappa shape index (κ3) is 8.48. The van der Waals surface area contributed by atoms with Crippen LogP contribution in [-0.4, -0.2) is 46.8 Å². The molecule has 0 bridgehead atoms. The molecule has 18 heavy (non-hydrogen) atoms. The van der Waals surface area contributed by atoms with Crippen molar-refractivity contribution in [1.82, 2.24) is 4.90 Å². The Morgan fingerprint density at radius 1 is 1.11 bits per heavy atom. The summed E-state index contributed by atoms with van der Waals surface area (Å²) in [5, 5.41) is 9.27. The molecule has 108 valence electrons. The fourth-order valence-corrected chi connectivity index (χ4v) is 1.68. The first kappa shape index (κ1) is 17.4. The Morgan fingerprint density at radius 3 is 1.78 bits per heavy atom. The van der Waals surface area contributed by atoms with Gasteiger partial charge < -0.3 is 9.84 Å². The summed E-state index contributed by atoms with van der Waals surface area (Å²) in [5.41, 5.74) is -0.0398. The number of rotatable bonds is 1. The average Bonchev–Trinajstić information content (AvgIpc) is 2.15. The molecule has 0 aromatic heterocycles. The molecule has 4 heteroatoms. The van der Waals surface area contributed by atoms with Crippen molar-refractivity contribution in [2.24, 2.45) is 0 Å². The number of ether oxygens (including phenoxy) is 1. The van der Waals surface area contributed by atoms with Crippen LogP contribution in [0.15, 0.2) is 0 Å². The van der Waals surface area contributed by atoms with Gasteiger partial charge in [-0.2, -0.15) is 0 Å². The maximum absolute atomic E-state index is 9.60. The van der Waals surface area contributed by atoms with Crippen LogP contribution in [0.2, 0.25) is 0 Å². The second kappa shape index (κ2) is 7.10. The van der Waals surface area contributed by atoms with Gasteiger partial charge in [0.1, 0.15) is 5.60 Å². The second-order valence-corrected chi connectivity index (χ2v) is 6.72. The highest BCUT2D eigenvalue weighted by Gasteiger charge is 2.25. The van der Waals surface area contributed by atoms with Crippen LogP contribution >= 0.6 is 0 Å². The van der Waals surface area contributed by atoms with E-state index in [4.69, 9.17) is 0 Å². The van der Waals surface area contributed by atoms with E-state index in [1.807, 2.05) is 20.8 Å². The molecular formula is C14H29NO3. The third-order valence-electron chi connectivity index (χ3n) is 2.81. The lowest BCUT2D eigenvalue weighted by molar-refractivity contribution is -0.138. The SMILES string of the molecule is CC(C)(C)N1CCC(O)CC1.CC(C)(C)OC=O. The number of carbonyl (C=O) groups is 1. The summed E-state index contributed by atoms with van der Waals surface area (Å²) in [5.74, 6) is 0. The van der Waals surface area contributed by atoms with E-state index in [0.29, 0.717) is 6.47 Å². The third-order valence-corrected chi connectivity index (χ3v) is 2.81. The van der Waals surface area contributed by atoms with Crippen LogP contribution in [0.3, 0.4) is 0 Å². The van der Waals surface area contributed by atoms with Crippen LogP contribution in [0.1, 0.15) is 54.4 Å². The maximum atomic E-state index is 9.60. The molecule has 0 radical (unpaired) electrons. The van der Waals surface area contributed by atoms with E-state index in [1.54, 1.807) is 0 Å². The summed E-state index contributed by atoms with van der Waals surface area (Å²) in [6, 6.07) is 0. The average molecular weight is 259 g/mol. The Labute approximate surface area is 111 Å². The molecule has 1 rings (SSSR count). The van der Waals surface area contributed by atoms with Gasteiger partial charge in [-0.1, -0.05) is 0 Å². The number of aliphatic hydroxyl groups excluding tert-OH is 1. The Morgan fingerprint density at radius 2 is 1.56 bits per heavy atom. The van der Waals surface area contributed by atoms with Crippen molar-refractivity contribution in [2.75, 3.05) is 13.1 Å². The normalized spacial score (nSPS) is 18.8. The Bertz CT molecular complexity index is 232. The van der Waals surface area contributed by atoms with Crippen LogP contribution in [0, 0.1) is 0 Å². The van der Waals surface area contributed by atoms with E-state index in [0.717, 1.165) is 25.9 Å². The number of aliphatic hydroxyl groups is 1. The molecule has 1 aliphatic rings. The minimum Gasteiger partial charge on any atom is -0.462 e. The molecule has 0 unspecified atom stereocenters. The standard InChI is InChI=1S/C9H19NO.C5H10O2/c1-9(2,3)10-6-4-8(11)5-7-10;1-5(2,3)7-4-6/h8,11H,4-7H2,1-3H3;4H,1-3H3. The lowest BCUT2D eigenvalue weighted by atomic mass is 10.00. The minimum atomic E-state index is -0.318. The van der Waals surface area contributed by atoms with Crippen LogP contribution in [0.25, 0.3) is 0 Å². The zero-order valence-electron chi connectivity index (χ0n) is 12.7. The molecule has 4 nitrogen and oxygen atoms in total. The summed E-state index contributed by atoms with van der Waals surface area (Å²) < 4.78 is 4.55. The molecule has 1 heterocycles. The maximum Gasteiger partial charge on any atom is 0.293 e. The molecule has 1 fully saturated rings. The van der Waals surface area contributed by atoms with Crippen molar-refractivity contribution in [3.05, 3.63) is 0 Å². The van der Waals surface area contributed by atoms with Crippen molar-refractivity contribution in [3.8, 4) is 0 Å². The van der Waals surface area contributed by atoms with E-state index in [9.17, 15) is 9.90 Å². The summed E-state index contributed by atoms with van der Waals surface area (Å²) in [4.78, 5) is 12.0. The highest BCUT2D eigenvalue weighted by molar-refractivity contribution is 5.37. The van der Waals surface area contributed by atoms with Gasteiger partial charge in [0, 0.05) is 18.6 Å². The van der Waals surface area contributed by atoms with E-state index in [-0.39, 0.29) is 17.2 Å². The summed E-state index contributed by atoms with van der Waals surface area (Å²) in [6.45, 7) is 14.7. The molecular weight excluding hydrogens is 230 g/mol. The molecule has 1 aliphatic heterocycles. The van der Waals surface area contributed by atoms with Crippen molar-refractivity contribution in [3.63, 3.8) is 0 Å². The van der Waals surface area contributed by atoms with Gasteiger partial charge in [-0.25, -0.2) is 0 Å². The van der Waals surface area contributed by atoms with E-state index in [2.05, 4.69) is 30.4 Å². The number of carbonyl (C=O) groups excluding carboxylic acids is 1. The molecule has 0 aromatic rings. The Hall–Kier alpha value is -0.610. The zero-order chi connectivity index (χ0) is 14.4. The summed E-state index contributed by atoms with van der Waals surface area (Å²) >= 11 is 0. The molecule has 0 atom stereocenters. The van der Waals surface area contributed by atoms with Crippen LogP contribution < -0.4 is 0 Å². The highest BCUT2D eigenvalue weighted by Crippen LogP contribution is 2.19. The molecule has 0 spiro atoms. The largest absolute Gasteiger partial charge is 0.462 e. The topological polar surface area (TPSA) is 49.8 Å². The van der Waals surface area contributed by atoms with E-state index >= 15 is 0 Å². The number of hydrogen-bond donors (Lipinski definition) is 1. The monoisotopic (exact) mass is 259 g/mol. The lowest BCUT2D eigenvalue weighted by Crippen LogP contribution is -2.47. The lowest BCUT2D eigenvalue weighted by Gasteiger charge is -2.39. The molecule has 1 N–H and O–H groups in total. The van der Waals surface area contributed by atoms with Crippen LogP contribution in [-0.2, 0) is 9.53 Å². The Balaban J connectivity index is 0.000000360. The number of nitrogens with zero attached hydrogens (tertiary/aromatic N) is 1. The fourth-order valence-electron chi connectivity index (χ4n) is 1.68. The summed E-state index contributed by atoms with van der Waals surface area (Å²) in [7, 11) is 0. The number of hydrogen-bond acceptors (Lipinski definition) is 4. The van der Waals surface area contributed by atoms with Gasteiger partial charge in [0.25, 0.3) is 6.47 Å². The predicted octanol–water partition coefficient (Wildman–Crippen LogP) is 2.20. The first-order valence-corrected chi connectivity index (χ1v) is 6.61. The van der Waals surface area contributed by atoms with Crippen molar-refractivity contribution < 1.29 is 14.6 Å². The van der Waals surface area contributed by atoms with E-state index < -0.39 is 0 Å². The fraction of sp³-hybridized carbons (Fsp3) is 0.929. The first-order chi connectivity index (χ1) is 8.06. The van der Waals surface area contributed by atoms with Gasteiger partial charge in [-0.3, -0.25) is 9.69 Å². The molecule has 0 aliphatic carbocycles. The molecule has 0 amide bonds. The zero-order valence-corrected chi connectivity index (χ0v) is 12.7. The minimum absolute atomic E-state index is 0.0476. The van der Waals surface area contributed by atoms with Gasteiger partial charge in [0.2, 0.25) is 0 Å². The summed E-state index contributed by atoms with van der Waals surface area (Å²) in [6.07, 6.45) is 1.84. The Kier molecular flexibility index (Phi) is 6.86. The number of piperidine rings is 1. The number of likely N-dealkylation sites (tertiary alicyclic amines) is 1. The predicted molar refractivity (Wildman–Crippen MR) is 73.5 cm³/mol. The van der Waals surface area contributed by atoms with Crippen molar-refractivity contribution in [1.29, 1.82) is 0 Å². The highest BCUT2D eigenvalue weighted by atomic mass is 16.5. The first-order valence-electron chi connectivity index (χ1n) is 6.61. The second-order valence-electron chi connectivity index (χ2n) is 6.72. The van der Waals surface area contributed by atoms with Gasteiger partial charge >= 0.3 is 0 Å². The molecule has 0 aromatic carbocycles. The molecule has 0 saturated carbocycles. The van der Waals surface area contributed by atoms with Crippen molar-refractivity contribution in [2.45, 2.75) is 71.6 Å². The van der Waals surface area contributed by atoms with Gasteiger partial charge in [-0.05, 0) is 54.4 Å². The smallest absolute Gasteiger partial charge is 0.293 e. The van der Waals surface area contributed by atoms with Gasteiger partial charge in [-0.15, -0.1) is 0 Å². The quantitative estimate of drug-likeness (QED) is 0.733. The van der Waals surface area contributed by atoms with Crippen LogP contribution in [0.5, 0.6) is 0 Å². The van der Waals surface area contributed by atoms with Gasteiger partial charge in [0.15, 0.2) is 0 Å².